The molecule has 0 aliphatic heterocycles. The Morgan fingerprint density at radius 2 is 1.50 bits per heavy atom. The lowest BCUT2D eigenvalue weighted by molar-refractivity contribution is 0.448. The van der Waals surface area contributed by atoms with Gasteiger partial charge in [-0.3, -0.25) is 0 Å². The summed E-state index contributed by atoms with van der Waals surface area (Å²) in [5.41, 5.74) is 0. The van der Waals surface area contributed by atoms with Crippen LogP contribution in [0.5, 0.6) is 0 Å². The van der Waals surface area contributed by atoms with Gasteiger partial charge in [0.2, 0.25) is 0 Å². The molecular formula is C10H9BBrO2. The fourth-order valence-electron chi connectivity index (χ4n) is 1.19. The van der Waals surface area contributed by atoms with Gasteiger partial charge in [-0.2, -0.15) is 0 Å². The van der Waals surface area contributed by atoms with E-state index in [1.54, 1.807) is 0 Å². The van der Waals surface area contributed by atoms with Crippen LogP contribution in [-0.2, 0) is 0 Å². The van der Waals surface area contributed by atoms with E-state index in [1.807, 2.05) is 12.1 Å². The molecule has 1 radical (unpaired) electrons. The van der Waals surface area contributed by atoms with Crippen molar-refractivity contribution < 1.29 is 10.0 Å². The van der Waals surface area contributed by atoms with Crippen LogP contribution in [0.15, 0.2) is 46.9 Å². The zero-order valence-electron chi connectivity index (χ0n) is 7.39. The molecule has 0 unspecified atom stereocenters. The van der Waals surface area contributed by atoms with Crippen LogP contribution < -0.4 is 0 Å². The lowest BCUT2D eigenvalue weighted by atomic mass is 10.1. The molecule has 0 bridgehead atoms. The molecule has 2 aromatic rings. The highest BCUT2D eigenvalue weighted by Crippen LogP contribution is 2.22. The van der Waals surface area contributed by atoms with E-state index in [0.717, 1.165) is 4.47 Å². The van der Waals surface area contributed by atoms with Crippen LogP contribution in [0.3, 0.4) is 0 Å². The van der Waals surface area contributed by atoms with Crippen LogP contribution in [0.1, 0.15) is 0 Å². The minimum Gasteiger partial charge on any atom is -0.429 e. The molecule has 2 rings (SSSR count). The first-order valence-electron chi connectivity index (χ1n) is 4.03. The number of hydrogen-bond donors (Lipinski definition) is 2. The summed E-state index contributed by atoms with van der Waals surface area (Å²) in [5, 5.41) is 16.6. The Balaban J connectivity index is 0.000000293. The fourth-order valence-corrected chi connectivity index (χ4v) is 1.70. The highest BCUT2D eigenvalue weighted by molar-refractivity contribution is 9.10. The van der Waals surface area contributed by atoms with Crippen LogP contribution in [0, 0.1) is 0 Å². The first-order valence-corrected chi connectivity index (χ1v) is 4.82. The standard InChI is InChI=1S/C10H7Br.BH2O2/c11-10-7-3-5-8-4-1-2-6-9(8)10;2-1-3/h1-7H;2-3H. The molecule has 0 saturated heterocycles. The van der Waals surface area contributed by atoms with Crippen molar-refractivity contribution in [3.05, 3.63) is 46.9 Å². The minimum atomic E-state index is 0. The van der Waals surface area contributed by atoms with Crippen molar-refractivity contribution in [2.75, 3.05) is 0 Å². The Morgan fingerprint density at radius 3 is 2.14 bits per heavy atom. The van der Waals surface area contributed by atoms with Gasteiger partial charge in [0.1, 0.15) is 0 Å². The van der Waals surface area contributed by atoms with E-state index in [-0.39, 0.29) is 7.69 Å². The van der Waals surface area contributed by atoms with E-state index < -0.39 is 0 Å². The van der Waals surface area contributed by atoms with Gasteiger partial charge in [0.25, 0.3) is 0 Å². The molecule has 0 atom stereocenters. The Bertz CT molecular complexity index is 401. The van der Waals surface area contributed by atoms with Crippen LogP contribution >= 0.6 is 15.9 Å². The number of benzene rings is 2. The number of halogens is 1. The van der Waals surface area contributed by atoms with Crippen molar-refractivity contribution in [3.63, 3.8) is 0 Å². The van der Waals surface area contributed by atoms with Crippen molar-refractivity contribution in [3.8, 4) is 0 Å². The van der Waals surface area contributed by atoms with Crippen molar-refractivity contribution in [2.24, 2.45) is 0 Å². The smallest absolute Gasteiger partial charge is 0.429 e. The van der Waals surface area contributed by atoms with E-state index in [2.05, 4.69) is 46.3 Å². The molecule has 2 nitrogen and oxygen atoms in total. The second-order valence-corrected chi connectivity index (χ2v) is 3.43. The third-order valence-corrected chi connectivity index (χ3v) is 2.43. The zero-order valence-corrected chi connectivity index (χ0v) is 8.98. The van der Waals surface area contributed by atoms with Gasteiger partial charge in [-0.05, 0) is 16.8 Å². The second kappa shape index (κ2) is 5.80. The average molecular weight is 252 g/mol. The summed E-state index contributed by atoms with van der Waals surface area (Å²) in [5.74, 6) is 0. The van der Waals surface area contributed by atoms with Crippen molar-refractivity contribution in [1.29, 1.82) is 0 Å². The quantitative estimate of drug-likeness (QED) is 0.705. The molecular weight excluding hydrogens is 243 g/mol. The second-order valence-electron chi connectivity index (χ2n) is 2.58. The van der Waals surface area contributed by atoms with Crippen molar-refractivity contribution >= 4 is 34.4 Å². The number of rotatable bonds is 0. The molecule has 0 aliphatic rings. The SMILES string of the molecule is Brc1cccc2ccccc12.O[B]O. The Morgan fingerprint density at radius 1 is 0.929 bits per heavy atom. The maximum atomic E-state index is 7.00. The maximum Gasteiger partial charge on any atom is 0.482 e. The molecule has 2 aromatic carbocycles. The van der Waals surface area contributed by atoms with Gasteiger partial charge in [-0.15, -0.1) is 0 Å². The molecule has 0 aliphatic carbocycles. The van der Waals surface area contributed by atoms with Gasteiger partial charge in [0.15, 0.2) is 0 Å². The topological polar surface area (TPSA) is 40.5 Å². The number of hydrogen-bond acceptors (Lipinski definition) is 2. The van der Waals surface area contributed by atoms with Crippen LogP contribution in [-0.4, -0.2) is 17.7 Å². The Kier molecular flexibility index (Phi) is 4.66. The summed E-state index contributed by atoms with van der Waals surface area (Å²) in [4.78, 5) is 0. The molecule has 4 heteroatoms. The number of fused-ring (bicyclic) bond motifs is 1. The average Bonchev–Trinajstić information content (AvgIpc) is 2.20. The van der Waals surface area contributed by atoms with E-state index in [9.17, 15) is 0 Å². The summed E-state index contributed by atoms with van der Waals surface area (Å²) in [7, 11) is 0. The molecule has 2 N–H and O–H groups in total. The lowest BCUT2D eigenvalue weighted by Crippen LogP contribution is -1.75. The summed E-state index contributed by atoms with van der Waals surface area (Å²) in [6.45, 7) is 0. The minimum absolute atomic E-state index is 0. The fraction of sp³-hybridized carbons (Fsp3) is 0. The summed E-state index contributed by atoms with van der Waals surface area (Å²) < 4.78 is 1.16. The third-order valence-electron chi connectivity index (χ3n) is 1.74. The first-order chi connectivity index (χ1) is 6.79. The van der Waals surface area contributed by atoms with Gasteiger partial charge < -0.3 is 10.0 Å². The normalized spacial score (nSPS) is 9.07. The van der Waals surface area contributed by atoms with Gasteiger partial charge in [0, 0.05) is 4.47 Å². The molecule has 0 amide bonds. The molecule has 0 aromatic heterocycles. The highest BCUT2D eigenvalue weighted by Gasteiger charge is 1.93. The summed E-state index contributed by atoms with van der Waals surface area (Å²) in [6, 6.07) is 14.5. The predicted molar refractivity (Wildman–Crippen MR) is 61.8 cm³/mol. The Labute approximate surface area is 91.6 Å². The van der Waals surface area contributed by atoms with E-state index in [1.165, 1.54) is 10.8 Å². The van der Waals surface area contributed by atoms with Crippen molar-refractivity contribution in [1.82, 2.24) is 0 Å². The molecule has 14 heavy (non-hydrogen) atoms. The Hall–Kier alpha value is -0.835. The van der Waals surface area contributed by atoms with Crippen LogP contribution in [0.25, 0.3) is 10.8 Å². The van der Waals surface area contributed by atoms with E-state index in [4.69, 9.17) is 10.0 Å². The predicted octanol–water partition coefficient (Wildman–Crippen LogP) is 2.11. The van der Waals surface area contributed by atoms with E-state index in [0.29, 0.717) is 0 Å². The molecule has 71 valence electrons. The van der Waals surface area contributed by atoms with Crippen molar-refractivity contribution in [2.45, 2.75) is 0 Å². The third kappa shape index (κ3) is 2.84. The highest BCUT2D eigenvalue weighted by atomic mass is 79.9. The first kappa shape index (κ1) is 11.2. The molecule has 0 spiro atoms. The molecule has 0 saturated carbocycles. The van der Waals surface area contributed by atoms with Gasteiger partial charge in [-0.25, -0.2) is 0 Å². The van der Waals surface area contributed by atoms with Gasteiger partial charge in [0.05, 0.1) is 0 Å². The maximum absolute atomic E-state index is 7.00. The van der Waals surface area contributed by atoms with Crippen LogP contribution in [0.4, 0.5) is 0 Å². The largest absolute Gasteiger partial charge is 0.482 e. The molecule has 0 fully saturated rings. The zero-order chi connectivity index (χ0) is 10.4. The summed E-state index contributed by atoms with van der Waals surface area (Å²) >= 11 is 3.50. The lowest BCUT2D eigenvalue weighted by Gasteiger charge is -1.97. The van der Waals surface area contributed by atoms with Gasteiger partial charge >= 0.3 is 7.69 Å². The molecule has 0 heterocycles. The summed E-state index contributed by atoms with van der Waals surface area (Å²) in [6.07, 6.45) is 0. The van der Waals surface area contributed by atoms with E-state index >= 15 is 0 Å². The van der Waals surface area contributed by atoms with Gasteiger partial charge in [-0.1, -0.05) is 52.3 Å². The monoisotopic (exact) mass is 251 g/mol. The van der Waals surface area contributed by atoms with Crippen LogP contribution in [0.2, 0.25) is 0 Å².